The van der Waals surface area contributed by atoms with Crippen LogP contribution in [0.5, 0.6) is 0 Å². The van der Waals surface area contributed by atoms with E-state index < -0.39 is 24.0 Å². The number of nitrogens with two attached hydrogens (primary N) is 1. The molecule has 5 rings (SSSR count). The second-order valence-corrected chi connectivity index (χ2v) is 8.85. The molecule has 8 nitrogen and oxygen atoms in total. The molecule has 174 valence electrons. The van der Waals surface area contributed by atoms with Crippen LogP contribution in [-0.2, 0) is 26.6 Å². The molecule has 0 radical (unpaired) electrons. The minimum atomic E-state index is -1.29. The summed E-state index contributed by atoms with van der Waals surface area (Å²) in [6.07, 6.45) is -0.0852. The number of nitrogens with zero attached hydrogens (tertiary/aromatic N) is 3. The lowest BCUT2D eigenvalue weighted by molar-refractivity contribution is -0.157. The smallest absolute Gasteiger partial charge is 0.322 e. The maximum Gasteiger partial charge on any atom is 0.322 e. The van der Waals surface area contributed by atoms with Crippen LogP contribution in [0, 0.1) is 0 Å². The first kappa shape index (κ1) is 22.5. The molecule has 0 bridgehead atoms. The van der Waals surface area contributed by atoms with E-state index in [0.717, 1.165) is 16.3 Å². The van der Waals surface area contributed by atoms with Gasteiger partial charge in [-0.25, -0.2) is 0 Å². The molecule has 0 aromatic heterocycles. The van der Waals surface area contributed by atoms with Gasteiger partial charge in [0.15, 0.2) is 6.23 Å². The van der Waals surface area contributed by atoms with Gasteiger partial charge >= 0.3 is 5.85 Å². The van der Waals surface area contributed by atoms with E-state index in [1.54, 1.807) is 24.3 Å². The number of hydrogen-bond donors (Lipinski definition) is 2. The number of carbonyl (C=O) groups excluding carboxylic acids is 2. The fraction of sp³-hybridized carbons (Fsp3) is 0.280. The SMILES string of the molecule is NC(=O)C(Cc1cccc2ccccc12)N1CCCNC(OC2(c3cccc(Cl)c3)N=N2)C1=O. The lowest BCUT2D eigenvalue weighted by Crippen LogP contribution is -2.54. The van der Waals surface area contributed by atoms with Crippen molar-refractivity contribution in [3.63, 3.8) is 0 Å². The molecule has 2 atom stereocenters. The average Bonchev–Trinajstić information content (AvgIpc) is 3.64. The maximum atomic E-state index is 13.6. The second-order valence-electron chi connectivity index (χ2n) is 8.42. The van der Waals surface area contributed by atoms with E-state index in [9.17, 15) is 9.59 Å². The first-order valence-corrected chi connectivity index (χ1v) is 11.5. The van der Waals surface area contributed by atoms with Crippen molar-refractivity contribution in [2.75, 3.05) is 13.1 Å². The van der Waals surface area contributed by atoms with Crippen LogP contribution in [0.15, 0.2) is 77.0 Å². The number of fused-ring (bicyclic) bond motifs is 1. The van der Waals surface area contributed by atoms with Crippen LogP contribution in [0.25, 0.3) is 10.8 Å². The zero-order chi connectivity index (χ0) is 23.7. The van der Waals surface area contributed by atoms with Crippen LogP contribution in [-0.4, -0.2) is 42.1 Å². The van der Waals surface area contributed by atoms with E-state index in [1.807, 2.05) is 42.5 Å². The number of halogens is 1. The first-order chi connectivity index (χ1) is 16.5. The van der Waals surface area contributed by atoms with E-state index in [2.05, 4.69) is 15.5 Å². The van der Waals surface area contributed by atoms with Crippen molar-refractivity contribution in [1.29, 1.82) is 0 Å². The predicted octanol–water partition coefficient (Wildman–Crippen LogP) is 3.33. The van der Waals surface area contributed by atoms with Crippen LogP contribution in [0.2, 0.25) is 5.02 Å². The van der Waals surface area contributed by atoms with Crippen LogP contribution in [0.4, 0.5) is 0 Å². The Labute approximate surface area is 201 Å². The van der Waals surface area contributed by atoms with Crippen molar-refractivity contribution in [2.45, 2.75) is 31.0 Å². The minimum absolute atomic E-state index is 0.309. The normalized spacial score (nSPS) is 20.2. The van der Waals surface area contributed by atoms with Gasteiger partial charge in [-0.15, -0.1) is 10.2 Å². The summed E-state index contributed by atoms with van der Waals surface area (Å²) in [6, 6.07) is 20.0. The van der Waals surface area contributed by atoms with Crippen molar-refractivity contribution in [3.8, 4) is 0 Å². The Balaban J connectivity index is 1.40. The second kappa shape index (κ2) is 9.13. The monoisotopic (exact) mass is 477 g/mol. The van der Waals surface area contributed by atoms with Crippen LogP contribution in [0.3, 0.4) is 0 Å². The highest BCUT2D eigenvalue weighted by atomic mass is 35.5. The van der Waals surface area contributed by atoms with Crippen molar-refractivity contribution < 1.29 is 14.3 Å². The van der Waals surface area contributed by atoms with Crippen LogP contribution in [0.1, 0.15) is 17.5 Å². The number of nitrogens with one attached hydrogen (secondary N) is 1. The summed E-state index contributed by atoms with van der Waals surface area (Å²) in [5, 5.41) is 13.8. The zero-order valence-corrected chi connectivity index (χ0v) is 19.1. The summed E-state index contributed by atoms with van der Waals surface area (Å²) in [6.45, 7) is 0.904. The summed E-state index contributed by atoms with van der Waals surface area (Å²) in [4.78, 5) is 27.7. The van der Waals surface area contributed by atoms with Crippen LogP contribution < -0.4 is 11.1 Å². The van der Waals surface area contributed by atoms with E-state index in [1.165, 1.54) is 4.90 Å². The molecule has 9 heteroatoms. The largest absolute Gasteiger partial charge is 0.368 e. The number of ether oxygens (including phenoxy) is 1. The molecule has 0 aliphatic carbocycles. The number of rotatable bonds is 7. The fourth-order valence-corrected chi connectivity index (χ4v) is 4.60. The van der Waals surface area contributed by atoms with Crippen molar-refractivity contribution in [2.24, 2.45) is 16.0 Å². The Kier molecular flexibility index (Phi) is 6.03. The standard InChI is InChI=1S/C25H24ClN5O3/c26-19-10-4-9-18(15-19)25(29-30-25)34-23-24(33)31(13-5-12-28-23)21(22(27)32)14-17-8-3-7-16-6-1-2-11-20(16)17/h1-4,6-11,15,21,23,28H,5,12-14H2,(H2,27,32). The highest BCUT2D eigenvalue weighted by molar-refractivity contribution is 6.30. The third kappa shape index (κ3) is 4.40. The number of carbonyl (C=O) groups is 2. The van der Waals surface area contributed by atoms with Gasteiger partial charge in [-0.2, -0.15) is 0 Å². The molecule has 1 saturated heterocycles. The molecule has 2 aliphatic rings. The van der Waals surface area contributed by atoms with E-state index >= 15 is 0 Å². The Morgan fingerprint density at radius 2 is 1.94 bits per heavy atom. The molecule has 3 aromatic carbocycles. The number of primary amides is 1. The predicted molar refractivity (Wildman–Crippen MR) is 128 cm³/mol. The highest BCUT2D eigenvalue weighted by Crippen LogP contribution is 2.42. The third-order valence-corrected chi connectivity index (χ3v) is 6.41. The van der Waals surface area contributed by atoms with Gasteiger partial charge in [0.1, 0.15) is 6.04 Å². The molecular formula is C25H24ClN5O3. The molecule has 0 spiro atoms. The Morgan fingerprint density at radius 3 is 2.71 bits per heavy atom. The molecule has 2 amide bonds. The third-order valence-electron chi connectivity index (χ3n) is 6.18. The first-order valence-electron chi connectivity index (χ1n) is 11.1. The van der Waals surface area contributed by atoms with Gasteiger partial charge in [-0.05, 0) is 41.4 Å². The Hall–Kier alpha value is -3.33. The lowest BCUT2D eigenvalue weighted by Gasteiger charge is -2.31. The summed E-state index contributed by atoms with van der Waals surface area (Å²) < 4.78 is 6.06. The molecule has 34 heavy (non-hydrogen) atoms. The van der Waals surface area contributed by atoms with Gasteiger partial charge in [-0.1, -0.05) is 66.2 Å². The molecule has 1 fully saturated rings. The van der Waals surface area contributed by atoms with Crippen molar-refractivity contribution in [1.82, 2.24) is 10.2 Å². The minimum Gasteiger partial charge on any atom is -0.368 e. The Morgan fingerprint density at radius 1 is 1.18 bits per heavy atom. The molecule has 2 aliphatic heterocycles. The highest BCUT2D eigenvalue weighted by Gasteiger charge is 2.49. The summed E-state index contributed by atoms with van der Waals surface area (Å²) in [5.41, 5.74) is 7.40. The molecule has 2 heterocycles. The molecule has 0 saturated carbocycles. The number of hydrogen-bond acceptors (Lipinski definition) is 6. The fourth-order valence-electron chi connectivity index (χ4n) is 4.41. The van der Waals surface area contributed by atoms with Gasteiger partial charge in [0.2, 0.25) is 5.91 Å². The number of amides is 2. The topological polar surface area (TPSA) is 109 Å². The summed E-state index contributed by atoms with van der Waals surface area (Å²) in [5.74, 6) is -2.22. The maximum absolute atomic E-state index is 13.6. The van der Waals surface area contributed by atoms with Gasteiger partial charge in [0, 0.05) is 23.6 Å². The van der Waals surface area contributed by atoms with Crippen LogP contribution >= 0.6 is 11.6 Å². The lowest BCUT2D eigenvalue weighted by atomic mass is 9.97. The quantitative estimate of drug-likeness (QED) is 0.543. The van der Waals surface area contributed by atoms with E-state index in [0.29, 0.717) is 36.5 Å². The van der Waals surface area contributed by atoms with Gasteiger partial charge < -0.3 is 15.4 Å². The average molecular weight is 478 g/mol. The van der Waals surface area contributed by atoms with Crippen molar-refractivity contribution >= 4 is 34.2 Å². The van der Waals surface area contributed by atoms with Gasteiger partial charge in [0.25, 0.3) is 5.91 Å². The molecule has 3 N–H and O–H groups in total. The molecular weight excluding hydrogens is 454 g/mol. The number of benzene rings is 3. The molecule has 3 aromatic rings. The summed E-state index contributed by atoms with van der Waals surface area (Å²) in [7, 11) is 0. The van der Waals surface area contributed by atoms with Crippen molar-refractivity contribution in [3.05, 3.63) is 82.9 Å². The zero-order valence-electron chi connectivity index (χ0n) is 18.4. The molecule has 2 unspecified atom stereocenters. The van der Waals surface area contributed by atoms with E-state index in [4.69, 9.17) is 22.1 Å². The van der Waals surface area contributed by atoms with E-state index in [-0.39, 0.29) is 5.91 Å². The van der Waals surface area contributed by atoms with Gasteiger partial charge in [0.05, 0.1) is 0 Å². The van der Waals surface area contributed by atoms with Gasteiger partial charge in [-0.3, -0.25) is 14.9 Å². The Bertz CT molecular complexity index is 1270. The summed E-state index contributed by atoms with van der Waals surface area (Å²) >= 11 is 6.11.